The zero-order chi connectivity index (χ0) is 21.8. The van der Waals surface area contributed by atoms with E-state index in [-0.39, 0.29) is 5.78 Å². The first kappa shape index (κ1) is 21.1. The molecular weight excluding hydrogens is 412 g/mol. The Morgan fingerprint density at radius 3 is 2.94 bits per heavy atom. The van der Waals surface area contributed by atoms with Crippen LogP contribution in [0.5, 0.6) is 6.01 Å². The van der Waals surface area contributed by atoms with E-state index >= 15 is 0 Å². The third-order valence-corrected chi connectivity index (χ3v) is 5.61. The van der Waals surface area contributed by atoms with Crippen LogP contribution in [0.1, 0.15) is 41.3 Å². The second kappa shape index (κ2) is 9.31. The lowest BCUT2D eigenvalue weighted by atomic mass is 10.0. The highest BCUT2D eigenvalue weighted by Gasteiger charge is 2.18. The molecule has 1 N–H and O–H groups in total. The fourth-order valence-corrected chi connectivity index (χ4v) is 3.93. The predicted molar refractivity (Wildman–Crippen MR) is 122 cm³/mol. The molecule has 0 bridgehead atoms. The number of imidazole rings is 1. The normalized spacial score (nSPS) is 17.1. The number of aromatic nitrogens is 2. The van der Waals surface area contributed by atoms with Gasteiger partial charge in [-0.2, -0.15) is 4.98 Å². The highest BCUT2D eigenvalue weighted by molar-refractivity contribution is 6.20. The number of Topliss-reactive ketones (excluding diaryl/α,β-unsaturated/α-hetero) is 1. The first-order valence-corrected chi connectivity index (χ1v) is 10.8. The van der Waals surface area contributed by atoms with E-state index in [1.807, 2.05) is 43.4 Å². The van der Waals surface area contributed by atoms with Crippen LogP contribution in [-0.2, 0) is 17.6 Å². The van der Waals surface area contributed by atoms with Gasteiger partial charge in [-0.15, -0.1) is 11.6 Å². The van der Waals surface area contributed by atoms with Crippen molar-refractivity contribution in [3.8, 4) is 6.01 Å². The van der Waals surface area contributed by atoms with Gasteiger partial charge in [0.2, 0.25) is 0 Å². The van der Waals surface area contributed by atoms with Gasteiger partial charge in [-0.1, -0.05) is 36.4 Å². The molecule has 0 saturated carbocycles. The van der Waals surface area contributed by atoms with Gasteiger partial charge in [-0.05, 0) is 48.6 Å². The van der Waals surface area contributed by atoms with Crippen molar-refractivity contribution in [2.45, 2.75) is 32.6 Å². The number of nitrogens with one attached hydrogen (secondary N) is 1. The van der Waals surface area contributed by atoms with Gasteiger partial charge in [-0.3, -0.25) is 9.59 Å². The van der Waals surface area contributed by atoms with Crippen LogP contribution in [-0.4, -0.2) is 27.9 Å². The maximum Gasteiger partial charge on any atom is 0.299 e. The number of halogens is 1. The molecule has 2 aromatic rings. The Bertz CT molecular complexity index is 1250. The van der Waals surface area contributed by atoms with Crippen molar-refractivity contribution in [2.24, 2.45) is 0 Å². The quantitative estimate of drug-likeness (QED) is 0.559. The molecule has 6 heteroatoms. The van der Waals surface area contributed by atoms with Gasteiger partial charge in [0.1, 0.15) is 12.0 Å². The monoisotopic (exact) mass is 434 g/mol. The molecule has 2 aliphatic rings. The molecule has 1 aromatic carbocycles. The molecule has 0 saturated heterocycles. The number of fused-ring (bicyclic) bond motifs is 1. The van der Waals surface area contributed by atoms with E-state index in [0.29, 0.717) is 42.5 Å². The Morgan fingerprint density at radius 2 is 2.13 bits per heavy atom. The summed E-state index contributed by atoms with van der Waals surface area (Å²) in [4.78, 5) is 30.9. The molecule has 1 heterocycles. The lowest BCUT2D eigenvalue weighted by Crippen LogP contribution is -2.24. The number of rotatable bonds is 6. The predicted octanol–water partition coefficient (Wildman–Crippen LogP) is 3.32. The SMILES string of the molecule is CC1=C(C=O)C=C(Oc2nc(=C/Cc3ccc4c(c3)CCC4=O)/c(=C\CCl)[nH]2)CC=C1. The number of hydrogen-bond acceptors (Lipinski definition) is 4. The molecule has 0 unspecified atom stereocenters. The van der Waals surface area contributed by atoms with E-state index in [1.54, 1.807) is 6.08 Å². The van der Waals surface area contributed by atoms with E-state index in [0.717, 1.165) is 45.7 Å². The van der Waals surface area contributed by atoms with Crippen LogP contribution in [0.15, 0.2) is 53.3 Å². The van der Waals surface area contributed by atoms with Gasteiger partial charge in [0, 0.05) is 29.9 Å². The van der Waals surface area contributed by atoms with Crippen molar-refractivity contribution in [1.29, 1.82) is 0 Å². The number of ether oxygens (including phenoxy) is 1. The molecule has 0 atom stereocenters. The Hall–Kier alpha value is -3.18. The summed E-state index contributed by atoms with van der Waals surface area (Å²) in [5, 5.41) is 1.53. The highest BCUT2D eigenvalue weighted by Crippen LogP contribution is 2.23. The van der Waals surface area contributed by atoms with E-state index < -0.39 is 0 Å². The van der Waals surface area contributed by atoms with Gasteiger partial charge in [0.15, 0.2) is 5.78 Å². The number of hydrogen-bond donors (Lipinski definition) is 1. The van der Waals surface area contributed by atoms with Crippen molar-refractivity contribution in [3.63, 3.8) is 0 Å². The average molecular weight is 435 g/mol. The van der Waals surface area contributed by atoms with E-state index in [1.165, 1.54) is 0 Å². The number of allylic oxidation sites excluding steroid dienone is 5. The van der Waals surface area contributed by atoms with Crippen LogP contribution >= 0.6 is 11.6 Å². The van der Waals surface area contributed by atoms with E-state index in [4.69, 9.17) is 16.3 Å². The molecule has 0 spiro atoms. The molecular formula is C25H23ClN2O3. The van der Waals surface area contributed by atoms with Crippen molar-refractivity contribution < 1.29 is 14.3 Å². The summed E-state index contributed by atoms with van der Waals surface area (Å²) >= 11 is 5.92. The van der Waals surface area contributed by atoms with E-state index in [9.17, 15) is 9.59 Å². The minimum Gasteiger partial charge on any atom is -0.430 e. The third kappa shape index (κ3) is 4.78. The second-order valence-corrected chi connectivity index (χ2v) is 7.91. The maximum atomic E-state index is 11.8. The number of aryl methyl sites for hydroxylation is 1. The summed E-state index contributed by atoms with van der Waals surface area (Å²) in [6.45, 7) is 1.89. The standard InChI is InChI=1S/C25H23ClN2O3/c1-16-3-2-4-20(14-19(16)15-29)31-25-27-22(23(28-25)11-12-26)9-6-17-5-8-21-18(13-17)7-10-24(21)30/h2-3,5,8-9,11,13-15H,4,6-7,10,12H2,1H3,(H,27,28)/b22-9+,23-11+. The first-order chi connectivity index (χ1) is 15.1. The molecule has 5 nitrogen and oxygen atoms in total. The maximum absolute atomic E-state index is 11.8. The zero-order valence-corrected chi connectivity index (χ0v) is 18.0. The van der Waals surface area contributed by atoms with Gasteiger partial charge in [0.25, 0.3) is 6.01 Å². The average Bonchev–Trinajstić information content (AvgIpc) is 3.26. The number of benzene rings is 1. The van der Waals surface area contributed by atoms with Gasteiger partial charge in [0.05, 0.1) is 10.7 Å². The largest absolute Gasteiger partial charge is 0.430 e. The first-order valence-electron chi connectivity index (χ1n) is 10.3. The Labute approximate surface area is 185 Å². The highest BCUT2D eigenvalue weighted by atomic mass is 35.5. The molecule has 0 radical (unpaired) electrons. The van der Waals surface area contributed by atoms with Crippen LogP contribution < -0.4 is 15.4 Å². The number of H-pyrrole nitrogens is 1. The zero-order valence-electron chi connectivity index (χ0n) is 17.3. The van der Waals surface area contributed by atoms with Gasteiger partial charge in [-0.25, -0.2) is 0 Å². The summed E-state index contributed by atoms with van der Waals surface area (Å²) < 4.78 is 5.94. The Morgan fingerprint density at radius 1 is 1.26 bits per heavy atom. The summed E-state index contributed by atoms with van der Waals surface area (Å²) in [6.07, 6.45) is 13.0. The lowest BCUT2D eigenvalue weighted by Gasteiger charge is -2.04. The summed E-state index contributed by atoms with van der Waals surface area (Å²) in [5.74, 6) is 1.20. The Balaban J connectivity index is 1.59. The summed E-state index contributed by atoms with van der Waals surface area (Å²) in [6, 6.07) is 6.37. The van der Waals surface area contributed by atoms with Crippen LogP contribution in [0.3, 0.4) is 0 Å². The summed E-state index contributed by atoms with van der Waals surface area (Å²) in [5.41, 5.74) is 4.58. The molecule has 0 fully saturated rings. The van der Waals surface area contributed by atoms with Crippen molar-refractivity contribution in [2.75, 3.05) is 5.88 Å². The van der Waals surface area contributed by atoms with Crippen molar-refractivity contribution in [1.82, 2.24) is 9.97 Å². The summed E-state index contributed by atoms with van der Waals surface area (Å²) in [7, 11) is 0. The third-order valence-electron chi connectivity index (χ3n) is 5.46. The molecule has 0 aliphatic heterocycles. The van der Waals surface area contributed by atoms with Crippen molar-refractivity contribution in [3.05, 3.63) is 80.7 Å². The minimum atomic E-state index is 0.226. The molecule has 158 valence electrons. The molecule has 2 aliphatic carbocycles. The van der Waals surface area contributed by atoms with Crippen molar-refractivity contribution >= 4 is 35.8 Å². The number of carbonyl (C=O) groups is 2. The van der Waals surface area contributed by atoms with Gasteiger partial charge >= 0.3 is 0 Å². The number of aromatic amines is 1. The Kier molecular flexibility index (Phi) is 6.33. The lowest BCUT2D eigenvalue weighted by molar-refractivity contribution is -0.104. The smallest absolute Gasteiger partial charge is 0.299 e. The fourth-order valence-electron chi connectivity index (χ4n) is 3.78. The number of nitrogens with zero attached hydrogens (tertiary/aromatic N) is 1. The molecule has 0 amide bonds. The van der Waals surface area contributed by atoms with Crippen LogP contribution in [0.2, 0.25) is 0 Å². The van der Waals surface area contributed by atoms with Crippen LogP contribution in [0.25, 0.3) is 12.2 Å². The minimum absolute atomic E-state index is 0.226. The number of aldehydes is 1. The number of carbonyl (C=O) groups excluding carboxylic acids is 2. The fraction of sp³-hybridized carbons (Fsp3) is 0.240. The molecule has 1 aromatic heterocycles. The second-order valence-electron chi connectivity index (χ2n) is 7.60. The molecule has 31 heavy (non-hydrogen) atoms. The topological polar surface area (TPSA) is 72.0 Å². The van der Waals surface area contributed by atoms with Crippen LogP contribution in [0.4, 0.5) is 0 Å². The number of alkyl halides is 1. The molecule has 4 rings (SSSR count). The number of ketones is 1. The van der Waals surface area contributed by atoms with Crippen LogP contribution in [0, 0.1) is 0 Å². The van der Waals surface area contributed by atoms with Gasteiger partial charge < -0.3 is 9.72 Å². The van der Waals surface area contributed by atoms with E-state index in [2.05, 4.69) is 16.0 Å².